The van der Waals surface area contributed by atoms with Crippen molar-refractivity contribution in [2.75, 3.05) is 0 Å². The largest absolute Gasteiger partial charge is 0.438 e. The lowest BCUT2D eigenvalue weighted by Gasteiger charge is -2.11. The van der Waals surface area contributed by atoms with E-state index >= 15 is 0 Å². The minimum Gasteiger partial charge on any atom is -0.438 e. The Morgan fingerprint density at radius 3 is 2.42 bits per heavy atom. The fourth-order valence-corrected chi connectivity index (χ4v) is 2.27. The molecule has 0 fully saturated rings. The van der Waals surface area contributed by atoms with Gasteiger partial charge in [0.2, 0.25) is 5.88 Å². The SMILES string of the molecule is ONC(=NCc1c(F)cccc1F)c1cccnc1Oc1ccccc1. The third kappa shape index (κ3) is 4.01. The Balaban J connectivity index is 1.91. The van der Waals surface area contributed by atoms with Crippen LogP contribution in [0.15, 0.2) is 71.9 Å². The van der Waals surface area contributed by atoms with Gasteiger partial charge in [0.05, 0.1) is 12.1 Å². The van der Waals surface area contributed by atoms with Gasteiger partial charge >= 0.3 is 0 Å². The fourth-order valence-electron chi connectivity index (χ4n) is 2.27. The van der Waals surface area contributed by atoms with Crippen LogP contribution in [-0.4, -0.2) is 16.0 Å². The summed E-state index contributed by atoms with van der Waals surface area (Å²) in [6.07, 6.45) is 1.52. The molecular formula is C19H15F2N3O2. The van der Waals surface area contributed by atoms with E-state index in [1.54, 1.807) is 36.4 Å². The van der Waals surface area contributed by atoms with Crippen molar-refractivity contribution in [3.63, 3.8) is 0 Å². The maximum absolute atomic E-state index is 13.7. The summed E-state index contributed by atoms with van der Waals surface area (Å²) in [5.41, 5.74) is 2.08. The van der Waals surface area contributed by atoms with Crippen LogP contribution >= 0.6 is 0 Å². The topological polar surface area (TPSA) is 66.7 Å². The van der Waals surface area contributed by atoms with Crippen LogP contribution in [0.25, 0.3) is 0 Å². The van der Waals surface area contributed by atoms with Crippen molar-refractivity contribution < 1.29 is 18.7 Å². The standard InChI is InChI=1S/C19H15F2N3O2/c20-16-9-4-10-17(21)15(16)12-23-18(24-25)14-8-5-11-22-19(14)26-13-6-2-1-3-7-13/h1-11,25H,12H2,(H,23,24). The summed E-state index contributed by atoms with van der Waals surface area (Å²) in [6, 6.07) is 15.8. The molecule has 3 aromatic rings. The molecule has 3 rings (SSSR count). The van der Waals surface area contributed by atoms with Gasteiger partial charge < -0.3 is 4.74 Å². The lowest BCUT2D eigenvalue weighted by atomic mass is 10.2. The Bertz CT molecular complexity index is 897. The number of aliphatic imine (C=N–C) groups is 1. The molecule has 0 unspecified atom stereocenters. The number of hydrogen-bond acceptors (Lipinski definition) is 4. The van der Waals surface area contributed by atoms with Crippen LogP contribution in [0.1, 0.15) is 11.1 Å². The fraction of sp³-hybridized carbons (Fsp3) is 0.0526. The Labute approximate surface area is 148 Å². The molecule has 0 radical (unpaired) electrons. The van der Waals surface area contributed by atoms with Gasteiger partial charge in [0.15, 0.2) is 5.84 Å². The molecule has 0 aliphatic carbocycles. The minimum atomic E-state index is -0.710. The molecule has 0 aliphatic heterocycles. The maximum atomic E-state index is 13.7. The molecule has 0 aliphatic rings. The summed E-state index contributed by atoms with van der Waals surface area (Å²) < 4.78 is 33.2. The van der Waals surface area contributed by atoms with Crippen molar-refractivity contribution in [1.29, 1.82) is 0 Å². The number of nitrogens with one attached hydrogen (secondary N) is 1. The molecule has 0 bridgehead atoms. The summed E-state index contributed by atoms with van der Waals surface area (Å²) in [5, 5.41) is 9.43. The second-order valence-corrected chi connectivity index (χ2v) is 5.25. The van der Waals surface area contributed by atoms with E-state index in [-0.39, 0.29) is 23.8 Å². The highest BCUT2D eigenvalue weighted by Crippen LogP contribution is 2.23. The van der Waals surface area contributed by atoms with Crippen molar-refractivity contribution >= 4 is 5.84 Å². The number of rotatable bonds is 5. The van der Waals surface area contributed by atoms with Crippen LogP contribution in [-0.2, 0) is 6.54 Å². The van der Waals surface area contributed by atoms with E-state index in [1.807, 2.05) is 11.5 Å². The minimum absolute atomic E-state index is 0.0216. The second-order valence-electron chi connectivity index (χ2n) is 5.25. The second kappa shape index (κ2) is 8.17. The Morgan fingerprint density at radius 1 is 1.00 bits per heavy atom. The van der Waals surface area contributed by atoms with Gasteiger partial charge in [-0.1, -0.05) is 24.3 Å². The summed E-state index contributed by atoms with van der Waals surface area (Å²) in [5.74, 6) is -0.708. The van der Waals surface area contributed by atoms with E-state index in [1.165, 1.54) is 12.3 Å². The van der Waals surface area contributed by atoms with Crippen LogP contribution in [0.5, 0.6) is 11.6 Å². The van der Waals surface area contributed by atoms with Gasteiger partial charge in [-0.3, -0.25) is 15.7 Å². The van der Waals surface area contributed by atoms with Crippen LogP contribution < -0.4 is 10.2 Å². The zero-order valence-electron chi connectivity index (χ0n) is 13.6. The number of halogens is 2. The summed E-state index contributed by atoms with van der Waals surface area (Å²) >= 11 is 0. The Kier molecular flexibility index (Phi) is 5.50. The molecule has 5 nitrogen and oxygen atoms in total. The zero-order chi connectivity index (χ0) is 18.4. The van der Waals surface area contributed by atoms with Crippen LogP contribution in [0, 0.1) is 11.6 Å². The molecule has 0 saturated heterocycles. The number of hydrogen-bond donors (Lipinski definition) is 2. The first-order valence-electron chi connectivity index (χ1n) is 7.75. The third-order valence-corrected chi connectivity index (χ3v) is 3.55. The number of aromatic nitrogens is 1. The van der Waals surface area contributed by atoms with Gasteiger partial charge in [0, 0.05) is 11.8 Å². The van der Waals surface area contributed by atoms with Gasteiger partial charge in [-0.15, -0.1) is 0 Å². The molecule has 2 aromatic carbocycles. The molecule has 0 spiro atoms. The molecule has 0 saturated carbocycles. The van der Waals surface area contributed by atoms with E-state index in [4.69, 9.17) is 4.74 Å². The zero-order valence-corrected chi connectivity index (χ0v) is 13.6. The predicted molar refractivity (Wildman–Crippen MR) is 92.3 cm³/mol. The lowest BCUT2D eigenvalue weighted by Crippen LogP contribution is -2.21. The number of ether oxygens (including phenoxy) is 1. The average molecular weight is 355 g/mol. The molecule has 2 N–H and O–H groups in total. The highest BCUT2D eigenvalue weighted by Gasteiger charge is 2.14. The first-order valence-corrected chi connectivity index (χ1v) is 7.75. The van der Waals surface area contributed by atoms with Crippen molar-refractivity contribution in [3.8, 4) is 11.6 Å². The molecular weight excluding hydrogens is 340 g/mol. The van der Waals surface area contributed by atoms with Gasteiger partial charge in [-0.05, 0) is 36.4 Å². The molecule has 0 atom stereocenters. The molecule has 26 heavy (non-hydrogen) atoms. The van der Waals surface area contributed by atoms with E-state index in [0.717, 1.165) is 12.1 Å². The number of hydroxylamine groups is 1. The maximum Gasteiger partial charge on any atom is 0.230 e. The van der Waals surface area contributed by atoms with Gasteiger partial charge in [-0.25, -0.2) is 13.8 Å². The molecule has 1 heterocycles. The number of pyridine rings is 1. The van der Waals surface area contributed by atoms with Crippen LogP contribution in [0.4, 0.5) is 8.78 Å². The van der Waals surface area contributed by atoms with E-state index in [2.05, 4.69) is 9.98 Å². The number of amidine groups is 1. The smallest absolute Gasteiger partial charge is 0.230 e. The van der Waals surface area contributed by atoms with Gasteiger partial charge in [-0.2, -0.15) is 0 Å². The summed E-state index contributed by atoms with van der Waals surface area (Å²) in [7, 11) is 0. The van der Waals surface area contributed by atoms with Crippen LogP contribution in [0.3, 0.4) is 0 Å². The average Bonchev–Trinajstić information content (AvgIpc) is 2.66. The van der Waals surface area contributed by atoms with Crippen molar-refractivity contribution in [1.82, 2.24) is 10.5 Å². The molecule has 0 amide bonds. The predicted octanol–water partition coefficient (Wildman–Crippen LogP) is 4.08. The van der Waals surface area contributed by atoms with Crippen molar-refractivity contribution in [3.05, 3.63) is 89.6 Å². The highest BCUT2D eigenvalue weighted by atomic mass is 19.1. The Morgan fingerprint density at radius 2 is 1.73 bits per heavy atom. The lowest BCUT2D eigenvalue weighted by molar-refractivity contribution is 0.234. The molecule has 1 aromatic heterocycles. The van der Waals surface area contributed by atoms with E-state index in [9.17, 15) is 14.0 Å². The van der Waals surface area contributed by atoms with Crippen molar-refractivity contribution in [2.45, 2.75) is 6.54 Å². The highest BCUT2D eigenvalue weighted by molar-refractivity contribution is 6.00. The van der Waals surface area contributed by atoms with E-state index < -0.39 is 11.6 Å². The Hall–Kier alpha value is -3.32. The number of para-hydroxylation sites is 1. The monoisotopic (exact) mass is 355 g/mol. The molecule has 7 heteroatoms. The normalized spacial score (nSPS) is 11.3. The van der Waals surface area contributed by atoms with Gasteiger partial charge in [0.25, 0.3) is 0 Å². The summed E-state index contributed by atoms with van der Waals surface area (Å²) in [6.45, 7) is -0.304. The van der Waals surface area contributed by atoms with Crippen molar-refractivity contribution in [2.24, 2.45) is 4.99 Å². The number of nitrogens with zero attached hydrogens (tertiary/aromatic N) is 2. The number of benzene rings is 2. The van der Waals surface area contributed by atoms with E-state index in [0.29, 0.717) is 11.3 Å². The van der Waals surface area contributed by atoms with Gasteiger partial charge in [0.1, 0.15) is 17.4 Å². The first-order chi connectivity index (χ1) is 12.7. The molecule has 132 valence electrons. The first kappa shape index (κ1) is 17.5. The van der Waals surface area contributed by atoms with Crippen LogP contribution in [0.2, 0.25) is 0 Å². The quantitative estimate of drug-likeness (QED) is 0.411. The summed E-state index contributed by atoms with van der Waals surface area (Å²) in [4.78, 5) is 8.19. The third-order valence-electron chi connectivity index (χ3n) is 3.55.